The molecule has 0 aliphatic heterocycles. The minimum Gasteiger partial charge on any atom is -0.495 e. The highest BCUT2D eigenvalue weighted by Crippen LogP contribution is 2.37. The summed E-state index contributed by atoms with van der Waals surface area (Å²) in [6, 6.07) is 4.28. The number of nitro groups is 1. The molecule has 2 aromatic rings. The largest absolute Gasteiger partial charge is 0.495 e. The summed E-state index contributed by atoms with van der Waals surface area (Å²) in [5.41, 5.74) is -0.313. The smallest absolute Gasteiger partial charge is 0.412 e. The molecular formula is C20H24IN3O7. The van der Waals surface area contributed by atoms with Crippen LogP contribution in [0.4, 0.5) is 16.2 Å². The molecule has 168 valence electrons. The van der Waals surface area contributed by atoms with Crippen molar-refractivity contribution in [3.63, 3.8) is 0 Å². The van der Waals surface area contributed by atoms with Crippen LogP contribution in [0.15, 0.2) is 24.4 Å². The topological polar surface area (TPSA) is 133 Å². The first kappa shape index (κ1) is 24.6. The zero-order valence-corrected chi connectivity index (χ0v) is 19.9. The highest BCUT2D eigenvalue weighted by molar-refractivity contribution is 14.1. The third kappa shape index (κ3) is 6.40. The molecule has 1 heterocycles. The molecule has 0 aliphatic rings. The summed E-state index contributed by atoms with van der Waals surface area (Å²) >= 11 is 2.03. The van der Waals surface area contributed by atoms with Crippen molar-refractivity contribution < 1.29 is 29.0 Å². The van der Waals surface area contributed by atoms with Gasteiger partial charge in [0.1, 0.15) is 11.4 Å². The first-order valence-electron chi connectivity index (χ1n) is 9.18. The van der Waals surface area contributed by atoms with E-state index in [0.29, 0.717) is 9.13 Å². The molecule has 0 bridgehead atoms. The van der Waals surface area contributed by atoms with Crippen LogP contribution < -0.4 is 14.8 Å². The number of aliphatic hydroxyl groups excluding tert-OH is 1. The molecule has 0 radical (unpaired) electrons. The lowest BCUT2D eigenvalue weighted by atomic mass is 10.00. The number of nitrogens with zero attached hydrogens (tertiary/aromatic N) is 2. The third-order valence-electron chi connectivity index (χ3n) is 4.07. The number of nitro benzene ring substituents is 1. The van der Waals surface area contributed by atoms with Crippen molar-refractivity contribution in [1.82, 2.24) is 4.98 Å². The SMILES string of the molecule is COc1cc(CC(O)c2c(I)ccnc2OC)c([N+](=O)[O-])cc1NC(=O)OC(C)(C)C. The van der Waals surface area contributed by atoms with Gasteiger partial charge in [0, 0.05) is 27.8 Å². The number of benzene rings is 1. The lowest BCUT2D eigenvalue weighted by Crippen LogP contribution is -2.27. The number of methoxy groups -OCH3 is 2. The van der Waals surface area contributed by atoms with E-state index in [4.69, 9.17) is 14.2 Å². The third-order valence-corrected chi connectivity index (χ3v) is 5.01. The molecule has 0 fully saturated rings. The van der Waals surface area contributed by atoms with Crippen molar-refractivity contribution in [3.8, 4) is 11.6 Å². The van der Waals surface area contributed by atoms with E-state index in [2.05, 4.69) is 10.3 Å². The van der Waals surface area contributed by atoms with Gasteiger partial charge in [0.05, 0.1) is 36.5 Å². The molecule has 0 aliphatic carbocycles. The monoisotopic (exact) mass is 545 g/mol. The highest BCUT2D eigenvalue weighted by atomic mass is 127. The van der Waals surface area contributed by atoms with Gasteiger partial charge in [-0.2, -0.15) is 0 Å². The number of hydrogen-bond donors (Lipinski definition) is 2. The van der Waals surface area contributed by atoms with Crippen LogP contribution in [-0.4, -0.2) is 40.9 Å². The second-order valence-corrected chi connectivity index (χ2v) is 8.66. The summed E-state index contributed by atoms with van der Waals surface area (Å²) < 4.78 is 16.4. The van der Waals surface area contributed by atoms with Crippen molar-refractivity contribution in [2.75, 3.05) is 19.5 Å². The van der Waals surface area contributed by atoms with Gasteiger partial charge in [0.2, 0.25) is 5.88 Å². The van der Waals surface area contributed by atoms with Crippen molar-refractivity contribution in [3.05, 3.63) is 49.2 Å². The predicted octanol–water partition coefficient (Wildman–Crippen LogP) is 4.23. The van der Waals surface area contributed by atoms with Crippen molar-refractivity contribution in [2.45, 2.75) is 38.9 Å². The fourth-order valence-corrected chi connectivity index (χ4v) is 3.58. The second-order valence-electron chi connectivity index (χ2n) is 7.50. The van der Waals surface area contributed by atoms with Gasteiger partial charge in [0.25, 0.3) is 5.69 Å². The normalized spacial score (nSPS) is 12.1. The van der Waals surface area contributed by atoms with Gasteiger partial charge in [0.15, 0.2) is 0 Å². The minimum absolute atomic E-state index is 0.0789. The number of anilines is 1. The van der Waals surface area contributed by atoms with Gasteiger partial charge < -0.3 is 19.3 Å². The Kier molecular flexibility index (Phi) is 8.01. The van der Waals surface area contributed by atoms with E-state index in [1.807, 2.05) is 22.6 Å². The number of hydrogen-bond acceptors (Lipinski definition) is 8. The number of ether oxygens (including phenoxy) is 3. The van der Waals surface area contributed by atoms with E-state index >= 15 is 0 Å². The van der Waals surface area contributed by atoms with E-state index in [-0.39, 0.29) is 35.0 Å². The second kappa shape index (κ2) is 10.1. The molecule has 2 rings (SSSR count). The summed E-state index contributed by atoms with van der Waals surface area (Å²) in [4.78, 5) is 27.3. The molecule has 1 amide bonds. The molecule has 0 spiro atoms. The quantitative estimate of drug-likeness (QED) is 0.300. The zero-order chi connectivity index (χ0) is 23.3. The standard InChI is InChI=1S/C20H24IN3O7/c1-20(2,3)31-19(26)23-13-10-14(24(27)28)11(9-16(13)29-4)8-15(25)17-12(21)6-7-22-18(17)30-5/h6-7,9-10,15,25H,8H2,1-5H3,(H,23,26). The summed E-state index contributed by atoms with van der Waals surface area (Å²) in [6.07, 6.45) is -0.456. The van der Waals surface area contributed by atoms with Crippen LogP contribution in [0.3, 0.4) is 0 Å². The lowest BCUT2D eigenvalue weighted by Gasteiger charge is -2.21. The van der Waals surface area contributed by atoms with E-state index in [1.54, 1.807) is 33.0 Å². The van der Waals surface area contributed by atoms with Gasteiger partial charge in [-0.1, -0.05) is 0 Å². The Labute approximate surface area is 193 Å². The van der Waals surface area contributed by atoms with Crippen LogP contribution in [0.2, 0.25) is 0 Å². The Bertz CT molecular complexity index is 976. The summed E-state index contributed by atoms with van der Waals surface area (Å²) in [5.74, 6) is 0.420. The van der Waals surface area contributed by atoms with E-state index in [1.165, 1.54) is 26.4 Å². The molecule has 2 N–H and O–H groups in total. The van der Waals surface area contributed by atoms with Gasteiger partial charge in [-0.05, 0) is 55.5 Å². The van der Waals surface area contributed by atoms with Gasteiger partial charge in [-0.3, -0.25) is 15.4 Å². The number of rotatable bonds is 7. The number of aromatic nitrogens is 1. The van der Waals surface area contributed by atoms with Gasteiger partial charge >= 0.3 is 6.09 Å². The maximum absolute atomic E-state index is 12.1. The Morgan fingerprint density at radius 1 is 1.32 bits per heavy atom. The van der Waals surface area contributed by atoms with Crippen LogP contribution in [0.1, 0.15) is 38.0 Å². The molecule has 1 atom stereocenters. The van der Waals surface area contributed by atoms with E-state index in [0.717, 1.165) is 0 Å². The average molecular weight is 545 g/mol. The maximum Gasteiger partial charge on any atom is 0.412 e. The van der Waals surface area contributed by atoms with Gasteiger partial charge in [-0.25, -0.2) is 9.78 Å². The summed E-state index contributed by atoms with van der Waals surface area (Å²) in [5, 5.41) is 25.0. The Morgan fingerprint density at radius 3 is 2.55 bits per heavy atom. The number of halogens is 1. The number of aliphatic hydroxyl groups is 1. The van der Waals surface area contributed by atoms with Crippen LogP contribution in [-0.2, 0) is 11.2 Å². The molecule has 31 heavy (non-hydrogen) atoms. The fourth-order valence-electron chi connectivity index (χ4n) is 2.83. The van der Waals surface area contributed by atoms with Crippen molar-refractivity contribution >= 4 is 40.1 Å². The van der Waals surface area contributed by atoms with Crippen LogP contribution in [0.5, 0.6) is 11.6 Å². The van der Waals surface area contributed by atoms with E-state index in [9.17, 15) is 20.0 Å². The Balaban J connectivity index is 2.42. The number of amides is 1. The fraction of sp³-hybridized carbons (Fsp3) is 0.400. The summed E-state index contributed by atoms with van der Waals surface area (Å²) in [7, 11) is 2.80. The number of carbonyl (C=O) groups is 1. The molecule has 1 unspecified atom stereocenters. The van der Waals surface area contributed by atoms with Crippen LogP contribution in [0, 0.1) is 13.7 Å². The Morgan fingerprint density at radius 2 is 2.00 bits per heavy atom. The van der Waals surface area contributed by atoms with Crippen molar-refractivity contribution in [1.29, 1.82) is 0 Å². The first-order chi connectivity index (χ1) is 14.5. The number of carbonyl (C=O) groups excluding carboxylic acids is 1. The zero-order valence-electron chi connectivity index (χ0n) is 17.8. The maximum atomic E-state index is 12.1. The van der Waals surface area contributed by atoms with Crippen molar-refractivity contribution in [2.24, 2.45) is 0 Å². The highest BCUT2D eigenvalue weighted by Gasteiger charge is 2.26. The first-order valence-corrected chi connectivity index (χ1v) is 10.3. The molecule has 0 saturated heterocycles. The molecular weight excluding hydrogens is 521 g/mol. The Hall–Kier alpha value is -2.67. The average Bonchev–Trinajstić information content (AvgIpc) is 2.66. The lowest BCUT2D eigenvalue weighted by molar-refractivity contribution is -0.385. The van der Waals surface area contributed by atoms with E-state index < -0.39 is 22.7 Å². The predicted molar refractivity (Wildman–Crippen MR) is 122 cm³/mol. The minimum atomic E-state index is -1.12. The van der Waals surface area contributed by atoms with Crippen LogP contribution in [0.25, 0.3) is 0 Å². The molecule has 11 heteroatoms. The number of nitrogens with one attached hydrogen (secondary N) is 1. The summed E-state index contributed by atoms with van der Waals surface area (Å²) in [6.45, 7) is 5.10. The molecule has 10 nitrogen and oxygen atoms in total. The molecule has 1 aromatic heterocycles. The molecule has 1 aromatic carbocycles. The molecule has 0 saturated carbocycles. The number of pyridine rings is 1. The van der Waals surface area contributed by atoms with Crippen LogP contribution >= 0.6 is 22.6 Å². The van der Waals surface area contributed by atoms with Gasteiger partial charge in [-0.15, -0.1) is 0 Å².